The summed E-state index contributed by atoms with van der Waals surface area (Å²) in [5.74, 6) is 4.96. The van der Waals surface area contributed by atoms with Crippen molar-refractivity contribution in [2.45, 2.75) is 17.8 Å². The number of hydrogen-bond acceptors (Lipinski definition) is 2. The summed E-state index contributed by atoms with van der Waals surface area (Å²) in [5.41, 5.74) is 0.331. The minimum absolute atomic E-state index is 0. The van der Waals surface area contributed by atoms with Crippen LogP contribution in [-0.2, 0) is 0 Å². The molecule has 1 aromatic rings. The number of carbonyl (C=O) groups is 2. The predicted octanol–water partition coefficient (Wildman–Crippen LogP) is 0.218. The number of hydrogen-bond donors (Lipinski definition) is 3. The molecule has 2 atom stereocenters. The molecule has 0 fully saturated rings. The van der Waals surface area contributed by atoms with Gasteiger partial charge in [0.05, 0.1) is 5.56 Å². The number of carboxylic acids is 1. The predicted molar refractivity (Wildman–Crippen MR) is 91.0 cm³/mol. The van der Waals surface area contributed by atoms with E-state index in [0.717, 1.165) is 0 Å². The molecule has 0 aliphatic heterocycles. The van der Waals surface area contributed by atoms with Crippen LogP contribution in [0.4, 0.5) is 4.79 Å². The molecule has 3 N–H and O–H groups in total. The molecule has 1 amide bonds. The Labute approximate surface area is 167 Å². The third kappa shape index (κ3) is 11.9. The molecule has 116 valence electrons. The van der Waals surface area contributed by atoms with E-state index < -0.39 is 12.1 Å². The largest absolute Gasteiger partial charge is 1.00 e. The average molecular weight is 427 g/mol. The quantitative estimate of drug-likeness (QED) is 0.278. The van der Waals surface area contributed by atoms with Gasteiger partial charge in [0.1, 0.15) is 0 Å². The number of nitrogens with one attached hydrogen (secondary N) is 1. The van der Waals surface area contributed by atoms with Crippen LogP contribution in [0.2, 0.25) is 0 Å². The summed E-state index contributed by atoms with van der Waals surface area (Å²) < 4.78 is 0.349. The molecule has 2 unspecified atom stereocenters. The molecule has 5 nitrogen and oxygen atoms in total. The molecule has 0 aliphatic rings. The maximum Gasteiger partial charge on any atom is 1.00 e. The standard InChI is InChI=1S/C8H12INO2.C7H6O2.Na.H/c1-3-4-7(6(2)9)5-10-8(11)12;8-7(9)6-4-2-1-3-5-6;;/h6-7,10H,5H2,1-2H3,(H,11,12);1-5H,(H,8,9);;/q;;+1;-1. The summed E-state index contributed by atoms with van der Waals surface area (Å²) in [6, 6.07) is 8.30. The Bertz CT molecular complexity index is 517. The molecular formula is C15H19INNaO4. The Kier molecular flexibility index (Phi) is 14.8. The minimum Gasteiger partial charge on any atom is -1.00 e. The van der Waals surface area contributed by atoms with Crippen LogP contribution in [0.25, 0.3) is 0 Å². The second kappa shape index (κ2) is 13.9. The Balaban J connectivity index is -0.000000329. The first-order chi connectivity index (χ1) is 9.88. The molecule has 0 aliphatic carbocycles. The molecule has 0 saturated heterocycles. The SMILES string of the molecule is CC#CC(CNC(=O)O)C(C)I.O=C(O)c1ccccc1.[H-].[Na+]. The molecule has 0 spiro atoms. The van der Waals surface area contributed by atoms with E-state index in [4.69, 9.17) is 10.2 Å². The Hall–Kier alpha value is -0.750. The summed E-state index contributed by atoms with van der Waals surface area (Å²) in [4.78, 5) is 20.4. The fourth-order valence-electron chi connectivity index (χ4n) is 1.29. The van der Waals surface area contributed by atoms with Crippen molar-refractivity contribution in [3.63, 3.8) is 0 Å². The van der Waals surface area contributed by atoms with Gasteiger partial charge < -0.3 is 17.0 Å². The second-order valence-electron chi connectivity index (χ2n) is 4.04. The minimum atomic E-state index is -0.991. The van der Waals surface area contributed by atoms with Gasteiger partial charge in [-0.3, -0.25) is 0 Å². The van der Waals surface area contributed by atoms with Crippen molar-refractivity contribution >= 4 is 34.7 Å². The van der Waals surface area contributed by atoms with Gasteiger partial charge in [-0.25, -0.2) is 9.59 Å². The van der Waals surface area contributed by atoms with Crippen molar-refractivity contribution in [2.75, 3.05) is 6.54 Å². The van der Waals surface area contributed by atoms with Crippen LogP contribution in [0.1, 0.15) is 25.6 Å². The van der Waals surface area contributed by atoms with Gasteiger partial charge in [0.2, 0.25) is 0 Å². The number of amides is 1. The molecule has 1 aromatic carbocycles. The smallest absolute Gasteiger partial charge is 1.00 e. The summed E-state index contributed by atoms with van der Waals surface area (Å²) in [6.45, 7) is 4.17. The molecule has 7 heteroatoms. The van der Waals surface area contributed by atoms with Crippen molar-refractivity contribution in [1.82, 2.24) is 5.32 Å². The zero-order chi connectivity index (χ0) is 16.3. The van der Waals surface area contributed by atoms with Gasteiger partial charge >= 0.3 is 41.6 Å². The maximum absolute atomic E-state index is 10.2. The zero-order valence-corrected chi connectivity index (χ0v) is 17.0. The van der Waals surface area contributed by atoms with Gasteiger partial charge in [-0.05, 0) is 19.1 Å². The van der Waals surface area contributed by atoms with E-state index in [-0.39, 0.29) is 36.9 Å². The van der Waals surface area contributed by atoms with E-state index in [2.05, 4.69) is 39.7 Å². The molecular weight excluding hydrogens is 408 g/mol. The Morgan fingerprint density at radius 2 is 1.86 bits per heavy atom. The van der Waals surface area contributed by atoms with E-state index in [1.165, 1.54) is 0 Å². The fraction of sp³-hybridized carbons (Fsp3) is 0.333. The van der Waals surface area contributed by atoms with Gasteiger partial charge in [0, 0.05) is 16.4 Å². The van der Waals surface area contributed by atoms with Crippen LogP contribution in [0.15, 0.2) is 30.3 Å². The summed E-state index contributed by atoms with van der Waals surface area (Å²) >= 11 is 2.24. The second-order valence-corrected chi connectivity index (χ2v) is 6.00. The average Bonchev–Trinajstić information content (AvgIpc) is 2.44. The first kappa shape index (κ1) is 23.5. The number of halogens is 1. The van der Waals surface area contributed by atoms with E-state index in [9.17, 15) is 9.59 Å². The van der Waals surface area contributed by atoms with E-state index in [1.54, 1.807) is 37.3 Å². The van der Waals surface area contributed by atoms with Crippen molar-refractivity contribution in [1.29, 1.82) is 0 Å². The number of alkyl halides is 1. The van der Waals surface area contributed by atoms with Gasteiger partial charge in [-0.2, -0.15) is 0 Å². The van der Waals surface area contributed by atoms with Gasteiger partial charge in [-0.1, -0.05) is 53.6 Å². The first-order valence-electron chi connectivity index (χ1n) is 6.20. The molecule has 0 bridgehead atoms. The van der Waals surface area contributed by atoms with Crippen LogP contribution in [0.5, 0.6) is 0 Å². The molecule has 1 rings (SSSR count). The number of benzene rings is 1. The van der Waals surface area contributed by atoms with Crippen molar-refractivity contribution in [3.8, 4) is 11.8 Å². The molecule has 0 heterocycles. The Morgan fingerprint density at radius 1 is 1.32 bits per heavy atom. The molecule has 0 aromatic heterocycles. The maximum atomic E-state index is 10.2. The van der Waals surface area contributed by atoms with Gasteiger partial charge in [0.15, 0.2) is 0 Å². The topological polar surface area (TPSA) is 86.6 Å². The number of aromatic carboxylic acids is 1. The summed E-state index contributed by atoms with van der Waals surface area (Å²) in [7, 11) is 0. The van der Waals surface area contributed by atoms with Crippen molar-refractivity contribution in [3.05, 3.63) is 35.9 Å². The fourth-order valence-corrected chi connectivity index (χ4v) is 1.73. The number of rotatable bonds is 4. The third-order valence-electron chi connectivity index (χ3n) is 2.38. The van der Waals surface area contributed by atoms with E-state index in [1.807, 2.05) is 6.92 Å². The van der Waals surface area contributed by atoms with E-state index in [0.29, 0.717) is 16.0 Å². The van der Waals surface area contributed by atoms with Crippen LogP contribution in [0, 0.1) is 17.8 Å². The molecule has 0 saturated carbocycles. The molecule has 0 radical (unpaired) electrons. The van der Waals surface area contributed by atoms with E-state index >= 15 is 0 Å². The monoisotopic (exact) mass is 427 g/mol. The van der Waals surface area contributed by atoms with Crippen LogP contribution < -0.4 is 34.9 Å². The first-order valence-corrected chi connectivity index (χ1v) is 7.44. The normalized spacial score (nSPS) is 11.2. The van der Waals surface area contributed by atoms with Crippen LogP contribution in [0.3, 0.4) is 0 Å². The third-order valence-corrected chi connectivity index (χ3v) is 3.25. The Morgan fingerprint density at radius 3 is 2.18 bits per heavy atom. The van der Waals surface area contributed by atoms with Gasteiger partial charge in [-0.15, -0.1) is 5.92 Å². The van der Waals surface area contributed by atoms with Crippen molar-refractivity contribution < 1.29 is 50.8 Å². The molecule has 22 heavy (non-hydrogen) atoms. The zero-order valence-electron chi connectivity index (χ0n) is 13.8. The van der Waals surface area contributed by atoms with Gasteiger partial charge in [0.25, 0.3) is 0 Å². The van der Waals surface area contributed by atoms with Crippen LogP contribution in [-0.4, -0.2) is 32.7 Å². The van der Waals surface area contributed by atoms with Crippen molar-refractivity contribution in [2.24, 2.45) is 5.92 Å². The summed E-state index contributed by atoms with van der Waals surface area (Å²) in [6.07, 6.45) is -0.991. The number of carboxylic acid groups (broad SMARTS) is 2. The van der Waals surface area contributed by atoms with Crippen LogP contribution >= 0.6 is 22.6 Å². The summed E-state index contributed by atoms with van der Waals surface area (Å²) in [5, 5.41) is 19.1.